The van der Waals surface area contributed by atoms with Crippen molar-refractivity contribution in [2.75, 3.05) is 7.05 Å². The summed E-state index contributed by atoms with van der Waals surface area (Å²) >= 11 is 13.0. The summed E-state index contributed by atoms with van der Waals surface area (Å²) < 4.78 is 6.28. The summed E-state index contributed by atoms with van der Waals surface area (Å²) in [5.41, 5.74) is 2.10. The van der Waals surface area contributed by atoms with Crippen molar-refractivity contribution in [3.05, 3.63) is 27.5 Å². The minimum absolute atomic E-state index is 0.176. The Morgan fingerprint density at radius 1 is 1.59 bits per heavy atom. The van der Waals surface area contributed by atoms with Crippen LogP contribution in [0.3, 0.4) is 0 Å². The van der Waals surface area contributed by atoms with E-state index in [0.29, 0.717) is 5.92 Å². The Kier molecular flexibility index (Phi) is 3.25. The summed E-state index contributed by atoms with van der Waals surface area (Å²) in [6.07, 6.45) is 2.28. The van der Waals surface area contributed by atoms with Crippen LogP contribution in [0.1, 0.15) is 31.5 Å². The smallest absolute Gasteiger partial charge is 0.169 e. The van der Waals surface area contributed by atoms with Crippen LogP contribution in [-0.2, 0) is 0 Å². The highest BCUT2D eigenvalue weighted by Crippen LogP contribution is 2.61. The number of likely N-dealkylation sites (tertiary alicyclic amines) is 1. The predicted octanol–water partition coefficient (Wildman–Crippen LogP) is 4.09. The molecule has 2 aromatic rings. The van der Waals surface area contributed by atoms with Gasteiger partial charge in [0, 0.05) is 29.6 Å². The van der Waals surface area contributed by atoms with Crippen LogP contribution in [0.25, 0.3) is 11.3 Å². The van der Waals surface area contributed by atoms with Crippen molar-refractivity contribution in [3.63, 3.8) is 0 Å². The third-order valence-electron chi connectivity index (χ3n) is 4.90. The number of fused-ring (bicyclic) bond motifs is 1. The SMILES string of the molecule is CNC(=S)N1[C@@H](c2cc(-c3csc(Cl)c3)on2)C[C@@H]2C[C@]21C. The molecular formula is C15H16ClN3OS2. The van der Waals surface area contributed by atoms with Gasteiger partial charge >= 0.3 is 0 Å². The molecule has 3 heterocycles. The quantitative estimate of drug-likeness (QED) is 0.824. The summed E-state index contributed by atoms with van der Waals surface area (Å²) in [7, 11) is 1.88. The fourth-order valence-electron chi connectivity index (χ4n) is 3.57. The van der Waals surface area contributed by atoms with E-state index in [1.165, 1.54) is 17.8 Å². The third kappa shape index (κ3) is 2.08. The van der Waals surface area contributed by atoms with Gasteiger partial charge in [-0.2, -0.15) is 0 Å². The zero-order chi connectivity index (χ0) is 15.5. The molecule has 4 rings (SSSR count). The molecule has 2 aliphatic rings. The average molecular weight is 354 g/mol. The molecule has 0 aromatic carbocycles. The maximum absolute atomic E-state index is 5.99. The first-order valence-electron chi connectivity index (χ1n) is 7.25. The van der Waals surface area contributed by atoms with Gasteiger partial charge in [-0.3, -0.25) is 0 Å². The molecule has 2 fully saturated rings. The van der Waals surface area contributed by atoms with Gasteiger partial charge in [0.25, 0.3) is 0 Å². The lowest BCUT2D eigenvalue weighted by atomic mass is 10.1. The van der Waals surface area contributed by atoms with Gasteiger partial charge in [-0.1, -0.05) is 16.8 Å². The minimum Gasteiger partial charge on any atom is -0.366 e. The Bertz CT molecular complexity index is 743. The predicted molar refractivity (Wildman–Crippen MR) is 92.2 cm³/mol. The number of hydrogen-bond donors (Lipinski definition) is 1. The maximum atomic E-state index is 5.99. The van der Waals surface area contributed by atoms with Crippen LogP contribution in [0.15, 0.2) is 22.0 Å². The molecule has 7 heteroatoms. The molecule has 1 aliphatic heterocycles. The molecule has 3 atom stereocenters. The number of hydrogen-bond acceptors (Lipinski definition) is 4. The molecule has 0 radical (unpaired) electrons. The van der Waals surface area contributed by atoms with E-state index in [2.05, 4.69) is 22.3 Å². The second-order valence-corrected chi connectivity index (χ2v) is 8.12. The summed E-state index contributed by atoms with van der Waals surface area (Å²) in [5, 5.41) is 10.2. The number of thiocarbonyl (C=S) groups is 1. The highest BCUT2D eigenvalue weighted by molar-refractivity contribution is 7.80. The lowest BCUT2D eigenvalue weighted by molar-refractivity contribution is 0.264. The zero-order valence-electron chi connectivity index (χ0n) is 12.3. The molecule has 116 valence electrons. The lowest BCUT2D eigenvalue weighted by Gasteiger charge is -2.33. The van der Waals surface area contributed by atoms with Crippen LogP contribution in [0.2, 0.25) is 4.34 Å². The van der Waals surface area contributed by atoms with Crippen LogP contribution < -0.4 is 5.32 Å². The number of nitrogens with zero attached hydrogens (tertiary/aromatic N) is 2. The molecule has 0 bridgehead atoms. The topological polar surface area (TPSA) is 41.3 Å². The van der Waals surface area contributed by atoms with E-state index in [1.54, 1.807) is 0 Å². The fraction of sp³-hybridized carbons (Fsp3) is 0.467. The first-order chi connectivity index (χ1) is 10.5. The van der Waals surface area contributed by atoms with Gasteiger partial charge in [0.2, 0.25) is 0 Å². The largest absolute Gasteiger partial charge is 0.366 e. The Hall–Kier alpha value is -1.11. The van der Waals surface area contributed by atoms with Crippen molar-refractivity contribution in [2.24, 2.45) is 5.92 Å². The second kappa shape index (κ2) is 4.94. The molecule has 4 nitrogen and oxygen atoms in total. The third-order valence-corrected chi connectivity index (χ3v) is 6.40. The molecule has 0 spiro atoms. The van der Waals surface area contributed by atoms with Crippen molar-refractivity contribution >= 4 is 40.3 Å². The number of piperidine rings is 1. The van der Waals surface area contributed by atoms with E-state index in [1.807, 2.05) is 24.6 Å². The van der Waals surface area contributed by atoms with E-state index < -0.39 is 0 Å². The number of nitrogens with one attached hydrogen (secondary N) is 1. The van der Waals surface area contributed by atoms with Crippen molar-refractivity contribution in [1.82, 2.24) is 15.4 Å². The van der Waals surface area contributed by atoms with Gasteiger partial charge < -0.3 is 14.7 Å². The van der Waals surface area contributed by atoms with Gasteiger partial charge in [0.1, 0.15) is 5.69 Å². The van der Waals surface area contributed by atoms with Gasteiger partial charge in [-0.25, -0.2) is 0 Å². The Balaban J connectivity index is 1.65. The van der Waals surface area contributed by atoms with Crippen LogP contribution in [0.5, 0.6) is 0 Å². The van der Waals surface area contributed by atoms with Crippen LogP contribution >= 0.6 is 35.2 Å². The molecule has 1 saturated heterocycles. The van der Waals surface area contributed by atoms with E-state index >= 15 is 0 Å². The van der Waals surface area contributed by atoms with Crippen LogP contribution in [0, 0.1) is 5.92 Å². The van der Waals surface area contributed by atoms with Crippen molar-refractivity contribution in [2.45, 2.75) is 31.3 Å². The Morgan fingerprint density at radius 3 is 3.09 bits per heavy atom. The standard InChI is InChI=1S/C15H16ClN3OS2/c1-15-6-9(15)4-11(19(15)14(21)17-2)10-5-12(20-18-10)8-3-13(16)22-7-8/h3,5,7,9,11H,4,6H2,1-2H3,(H,17,21)/t9-,11-,15-/m1/s1. The average Bonchev–Trinajstić information content (AvgIpc) is 2.95. The van der Waals surface area contributed by atoms with Crippen molar-refractivity contribution in [3.8, 4) is 11.3 Å². The number of rotatable bonds is 2. The second-order valence-electron chi connectivity index (χ2n) is 6.19. The zero-order valence-corrected chi connectivity index (χ0v) is 14.7. The van der Waals surface area contributed by atoms with E-state index in [0.717, 1.165) is 32.9 Å². The van der Waals surface area contributed by atoms with Gasteiger partial charge in [0.05, 0.1) is 10.4 Å². The molecule has 1 N–H and O–H groups in total. The van der Waals surface area contributed by atoms with Crippen molar-refractivity contribution < 1.29 is 4.52 Å². The molecule has 0 unspecified atom stereocenters. The summed E-state index contributed by atoms with van der Waals surface area (Å²) in [4.78, 5) is 2.30. The summed E-state index contributed by atoms with van der Waals surface area (Å²) in [6.45, 7) is 2.28. The molecular weight excluding hydrogens is 338 g/mol. The monoisotopic (exact) mass is 353 g/mol. The van der Waals surface area contributed by atoms with Crippen LogP contribution in [0.4, 0.5) is 0 Å². The molecule has 2 aromatic heterocycles. The van der Waals surface area contributed by atoms with Crippen LogP contribution in [-0.4, -0.2) is 27.8 Å². The fourth-order valence-corrected chi connectivity index (χ4v) is 4.78. The normalized spacial score (nSPS) is 29.5. The summed E-state index contributed by atoms with van der Waals surface area (Å²) in [6, 6.07) is 4.11. The maximum Gasteiger partial charge on any atom is 0.169 e. The minimum atomic E-state index is 0.176. The Labute approximate surface area is 143 Å². The molecule has 22 heavy (non-hydrogen) atoms. The number of halogens is 1. The lowest BCUT2D eigenvalue weighted by Crippen LogP contribution is -2.44. The highest BCUT2D eigenvalue weighted by Gasteiger charge is 2.63. The van der Waals surface area contributed by atoms with Crippen molar-refractivity contribution in [1.29, 1.82) is 0 Å². The van der Waals surface area contributed by atoms with E-state index in [-0.39, 0.29) is 11.6 Å². The van der Waals surface area contributed by atoms with E-state index in [9.17, 15) is 0 Å². The highest BCUT2D eigenvalue weighted by atomic mass is 35.5. The number of aromatic nitrogens is 1. The first kappa shape index (κ1) is 14.5. The molecule has 1 saturated carbocycles. The Morgan fingerprint density at radius 2 is 2.41 bits per heavy atom. The van der Waals surface area contributed by atoms with Gasteiger partial charge in [-0.15, -0.1) is 11.3 Å². The summed E-state index contributed by atoms with van der Waals surface area (Å²) in [5.74, 6) is 1.46. The molecule has 1 aliphatic carbocycles. The van der Waals surface area contributed by atoms with Gasteiger partial charge in [-0.05, 0) is 44.0 Å². The number of thiophene rings is 1. The van der Waals surface area contributed by atoms with E-state index in [4.69, 9.17) is 28.3 Å². The molecule has 0 amide bonds. The first-order valence-corrected chi connectivity index (χ1v) is 8.91. The van der Waals surface area contributed by atoms with Gasteiger partial charge in [0.15, 0.2) is 10.9 Å².